The van der Waals surface area contributed by atoms with Gasteiger partial charge in [-0.05, 0) is 55.4 Å². The lowest BCUT2D eigenvalue weighted by atomic mass is 10.2. The van der Waals surface area contributed by atoms with Crippen LogP contribution in [0.15, 0.2) is 48.3 Å². The van der Waals surface area contributed by atoms with E-state index in [4.69, 9.17) is 17.0 Å². The molecule has 0 spiro atoms. The highest BCUT2D eigenvalue weighted by atomic mass is 32.1. The molecule has 0 aliphatic carbocycles. The fourth-order valence-electron chi connectivity index (χ4n) is 3.36. The largest absolute Gasteiger partial charge is 0.376 e. The van der Waals surface area contributed by atoms with Crippen molar-refractivity contribution in [3.8, 4) is 5.69 Å². The summed E-state index contributed by atoms with van der Waals surface area (Å²) in [6.07, 6.45) is 5.50. The quantitative estimate of drug-likeness (QED) is 0.360. The van der Waals surface area contributed by atoms with E-state index in [9.17, 15) is 14.9 Å². The minimum absolute atomic E-state index is 0.0204. The summed E-state index contributed by atoms with van der Waals surface area (Å²) in [5.74, 6) is -0.183. The number of carbonyl (C=O) groups excluding carboxylic acids is 1. The highest BCUT2D eigenvalue weighted by molar-refractivity contribution is 7.80. The van der Waals surface area contributed by atoms with Crippen LogP contribution in [0.2, 0.25) is 0 Å². The monoisotopic (exact) mass is 398 g/mol. The highest BCUT2D eigenvalue weighted by Crippen LogP contribution is 2.22. The number of benzene rings is 1. The second kappa shape index (κ2) is 7.53. The maximum atomic E-state index is 12.8. The lowest BCUT2D eigenvalue weighted by Crippen LogP contribution is -2.37. The van der Waals surface area contributed by atoms with E-state index in [0.717, 1.165) is 30.8 Å². The van der Waals surface area contributed by atoms with Gasteiger partial charge in [0.15, 0.2) is 5.11 Å². The third-order valence-corrected chi connectivity index (χ3v) is 5.11. The number of aromatic nitrogens is 1. The molecule has 2 fully saturated rings. The Balaban J connectivity index is 1.56. The van der Waals surface area contributed by atoms with Gasteiger partial charge in [0.05, 0.1) is 17.6 Å². The molecule has 4 rings (SSSR count). The predicted octanol–water partition coefficient (Wildman–Crippen LogP) is 2.62. The van der Waals surface area contributed by atoms with Crippen LogP contribution < -0.4 is 5.32 Å². The first kappa shape index (κ1) is 18.3. The molecule has 28 heavy (non-hydrogen) atoms. The van der Waals surface area contributed by atoms with E-state index in [2.05, 4.69) is 5.32 Å². The molecule has 2 aliphatic rings. The SMILES string of the molecule is O=C1/C(=C\c2cccn2-c2ccc([N+](=O)[O-])cc2)NC(=S)N1CC1CCCO1. The third kappa shape index (κ3) is 3.54. The Morgan fingerprint density at radius 2 is 2.11 bits per heavy atom. The minimum atomic E-state index is -0.437. The second-order valence-corrected chi connectivity index (χ2v) is 7.00. The van der Waals surface area contributed by atoms with E-state index in [1.807, 2.05) is 22.9 Å². The molecule has 2 aromatic rings. The summed E-state index contributed by atoms with van der Waals surface area (Å²) < 4.78 is 7.45. The van der Waals surface area contributed by atoms with Crippen molar-refractivity contribution in [1.29, 1.82) is 0 Å². The van der Waals surface area contributed by atoms with Crippen molar-refractivity contribution in [3.05, 3.63) is 64.1 Å². The molecule has 1 aromatic heterocycles. The van der Waals surface area contributed by atoms with Crippen molar-refractivity contribution >= 4 is 35.0 Å². The summed E-state index contributed by atoms with van der Waals surface area (Å²) >= 11 is 5.32. The van der Waals surface area contributed by atoms with Gasteiger partial charge in [-0.15, -0.1) is 0 Å². The number of nitrogens with one attached hydrogen (secondary N) is 1. The lowest BCUT2D eigenvalue weighted by molar-refractivity contribution is -0.384. The third-order valence-electron chi connectivity index (χ3n) is 4.78. The Kier molecular flexibility index (Phi) is 4.93. The smallest absolute Gasteiger partial charge is 0.276 e. The summed E-state index contributed by atoms with van der Waals surface area (Å²) in [5, 5.41) is 14.2. The number of thiocarbonyl (C=S) groups is 1. The van der Waals surface area contributed by atoms with Crippen LogP contribution in [0.1, 0.15) is 18.5 Å². The minimum Gasteiger partial charge on any atom is -0.376 e. The van der Waals surface area contributed by atoms with Gasteiger partial charge in [0.2, 0.25) is 0 Å². The van der Waals surface area contributed by atoms with Gasteiger partial charge in [0, 0.05) is 36.3 Å². The van der Waals surface area contributed by atoms with Crippen LogP contribution in [-0.4, -0.2) is 44.7 Å². The molecule has 144 valence electrons. The van der Waals surface area contributed by atoms with E-state index < -0.39 is 4.92 Å². The molecule has 9 heteroatoms. The van der Waals surface area contributed by atoms with E-state index >= 15 is 0 Å². The van der Waals surface area contributed by atoms with Crippen LogP contribution in [0.5, 0.6) is 0 Å². The van der Waals surface area contributed by atoms with Crippen LogP contribution >= 0.6 is 12.2 Å². The topological polar surface area (TPSA) is 89.6 Å². The zero-order chi connectivity index (χ0) is 19.7. The van der Waals surface area contributed by atoms with Crippen LogP contribution in [0.4, 0.5) is 5.69 Å². The van der Waals surface area contributed by atoms with Gasteiger partial charge in [0.25, 0.3) is 11.6 Å². The van der Waals surface area contributed by atoms with Gasteiger partial charge < -0.3 is 14.6 Å². The number of nitro groups is 1. The van der Waals surface area contributed by atoms with Crippen molar-refractivity contribution in [1.82, 2.24) is 14.8 Å². The molecule has 3 heterocycles. The van der Waals surface area contributed by atoms with E-state index in [-0.39, 0.29) is 17.7 Å². The number of rotatable bonds is 5. The van der Waals surface area contributed by atoms with Crippen LogP contribution in [0.25, 0.3) is 11.8 Å². The lowest BCUT2D eigenvalue weighted by Gasteiger charge is -2.18. The van der Waals surface area contributed by atoms with Crippen molar-refractivity contribution in [2.75, 3.05) is 13.2 Å². The first-order valence-electron chi connectivity index (χ1n) is 8.91. The average molecular weight is 398 g/mol. The molecule has 2 saturated heterocycles. The first-order valence-corrected chi connectivity index (χ1v) is 9.32. The number of non-ortho nitro benzene ring substituents is 1. The molecule has 0 radical (unpaired) electrons. The summed E-state index contributed by atoms with van der Waals surface area (Å²) in [4.78, 5) is 24.7. The number of amides is 1. The molecular weight excluding hydrogens is 380 g/mol. The normalized spacial score (nSPS) is 20.8. The summed E-state index contributed by atoms with van der Waals surface area (Å²) in [7, 11) is 0. The number of hydrogen-bond donors (Lipinski definition) is 1. The molecular formula is C19H18N4O4S. The first-order chi connectivity index (χ1) is 13.5. The summed E-state index contributed by atoms with van der Waals surface area (Å²) in [6, 6.07) is 9.93. The number of nitro benzene ring substituents is 1. The number of ether oxygens (including phenoxy) is 1. The van der Waals surface area contributed by atoms with Gasteiger partial charge >= 0.3 is 0 Å². The van der Waals surface area contributed by atoms with E-state index in [1.165, 1.54) is 17.0 Å². The average Bonchev–Trinajstić information content (AvgIpc) is 3.41. The molecule has 0 saturated carbocycles. The predicted molar refractivity (Wildman–Crippen MR) is 107 cm³/mol. The highest BCUT2D eigenvalue weighted by Gasteiger charge is 2.33. The van der Waals surface area contributed by atoms with Crippen LogP contribution in [0, 0.1) is 10.1 Å². The van der Waals surface area contributed by atoms with Gasteiger partial charge in [-0.1, -0.05) is 0 Å². The molecule has 1 N–H and O–H groups in total. The van der Waals surface area contributed by atoms with Gasteiger partial charge in [-0.25, -0.2) is 0 Å². The Bertz CT molecular complexity index is 961. The molecule has 0 bridgehead atoms. The van der Waals surface area contributed by atoms with Crippen molar-refractivity contribution < 1.29 is 14.5 Å². The molecule has 1 aromatic carbocycles. The number of nitrogens with zero attached hydrogens (tertiary/aromatic N) is 3. The number of carbonyl (C=O) groups is 1. The van der Waals surface area contributed by atoms with Crippen molar-refractivity contribution in [2.24, 2.45) is 0 Å². The Morgan fingerprint density at radius 3 is 2.79 bits per heavy atom. The fraction of sp³-hybridized carbons (Fsp3) is 0.263. The standard InChI is InChI=1S/C19H18N4O4S/c24-18-17(20-19(28)22(18)12-16-4-2-10-27-16)11-15-3-1-9-21(15)13-5-7-14(8-6-13)23(25)26/h1,3,5-9,11,16H,2,4,10,12H2,(H,20,28)/b17-11+. The maximum Gasteiger partial charge on any atom is 0.276 e. The second-order valence-electron chi connectivity index (χ2n) is 6.62. The summed E-state index contributed by atoms with van der Waals surface area (Å²) in [6.45, 7) is 1.17. The Morgan fingerprint density at radius 1 is 1.32 bits per heavy atom. The molecule has 1 unspecified atom stereocenters. The molecule has 1 amide bonds. The van der Waals surface area contributed by atoms with E-state index in [1.54, 1.807) is 18.2 Å². The van der Waals surface area contributed by atoms with Gasteiger partial charge in [-0.3, -0.25) is 19.8 Å². The molecule has 2 aliphatic heterocycles. The van der Waals surface area contributed by atoms with Gasteiger partial charge in [0.1, 0.15) is 5.70 Å². The van der Waals surface area contributed by atoms with Crippen molar-refractivity contribution in [3.63, 3.8) is 0 Å². The molecule has 8 nitrogen and oxygen atoms in total. The summed E-state index contributed by atoms with van der Waals surface area (Å²) in [5.41, 5.74) is 1.93. The molecule has 1 atom stereocenters. The Labute approximate surface area is 166 Å². The zero-order valence-electron chi connectivity index (χ0n) is 14.9. The van der Waals surface area contributed by atoms with Crippen LogP contribution in [0.3, 0.4) is 0 Å². The van der Waals surface area contributed by atoms with Gasteiger partial charge in [-0.2, -0.15) is 0 Å². The Hall–Kier alpha value is -3.04. The van der Waals surface area contributed by atoms with Crippen molar-refractivity contribution in [2.45, 2.75) is 18.9 Å². The van der Waals surface area contributed by atoms with Crippen LogP contribution in [-0.2, 0) is 9.53 Å². The van der Waals surface area contributed by atoms with E-state index in [0.29, 0.717) is 17.4 Å². The maximum absolute atomic E-state index is 12.8. The number of hydrogen-bond acceptors (Lipinski definition) is 5. The fourth-order valence-corrected chi connectivity index (χ4v) is 3.63. The zero-order valence-corrected chi connectivity index (χ0v) is 15.7.